The summed E-state index contributed by atoms with van der Waals surface area (Å²) in [7, 11) is 0. The van der Waals surface area contributed by atoms with Crippen LogP contribution in [0.3, 0.4) is 0 Å². The van der Waals surface area contributed by atoms with Crippen molar-refractivity contribution in [1.29, 1.82) is 0 Å². The molecule has 0 radical (unpaired) electrons. The maximum Gasteiger partial charge on any atom is 0.261 e. The third-order valence-electron chi connectivity index (χ3n) is 4.57. The predicted octanol–water partition coefficient (Wildman–Crippen LogP) is 5.03. The molecule has 9 heteroatoms. The molecule has 1 unspecified atom stereocenters. The van der Waals surface area contributed by atoms with Crippen LogP contribution in [0.5, 0.6) is 0 Å². The molecular formula is C21H15BrClN5O2. The maximum absolute atomic E-state index is 12.6. The van der Waals surface area contributed by atoms with E-state index in [0.29, 0.717) is 33.3 Å². The summed E-state index contributed by atoms with van der Waals surface area (Å²) in [4.78, 5) is 26.1. The first-order valence-corrected chi connectivity index (χ1v) is 10.1. The molecule has 4 aromatic rings. The number of nitrogens with one attached hydrogen (secondary N) is 3. The second-order valence-corrected chi connectivity index (χ2v) is 7.89. The monoisotopic (exact) mass is 483 g/mol. The lowest BCUT2D eigenvalue weighted by Crippen LogP contribution is -2.17. The first-order valence-electron chi connectivity index (χ1n) is 8.92. The van der Waals surface area contributed by atoms with Crippen molar-refractivity contribution in [2.75, 3.05) is 11.9 Å². The SMILES string of the molecule is [C-]#[N+]c1cc(Cl)c2nc(-c3c(NCC(O)c4cccc(Br)c4)cc[nH]c3=O)[nH]c2c1. The van der Waals surface area contributed by atoms with E-state index in [4.69, 9.17) is 18.2 Å². The highest BCUT2D eigenvalue weighted by Crippen LogP contribution is 2.31. The third-order valence-corrected chi connectivity index (χ3v) is 5.35. The Kier molecular flexibility index (Phi) is 5.59. The number of aromatic nitrogens is 3. The van der Waals surface area contributed by atoms with E-state index in [-0.39, 0.29) is 17.7 Å². The summed E-state index contributed by atoms with van der Waals surface area (Å²) in [6.45, 7) is 7.36. The summed E-state index contributed by atoms with van der Waals surface area (Å²) in [6.07, 6.45) is 0.743. The molecule has 7 nitrogen and oxygen atoms in total. The average Bonchev–Trinajstić information content (AvgIpc) is 3.16. The van der Waals surface area contributed by atoms with Crippen LogP contribution >= 0.6 is 27.5 Å². The fraction of sp³-hybridized carbons (Fsp3) is 0.0952. The highest BCUT2D eigenvalue weighted by Gasteiger charge is 2.17. The minimum Gasteiger partial charge on any atom is -0.387 e. The minimum absolute atomic E-state index is 0.190. The maximum atomic E-state index is 12.6. The molecule has 0 amide bonds. The van der Waals surface area contributed by atoms with Crippen LogP contribution in [0.1, 0.15) is 11.7 Å². The number of H-pyrrole nitrogens is 2. The molecule has 1 atom stereocenters. The number of halogens is 2. The van der Waals surface area contributed by atoms with Crippen LogP contribution in [0, 0.1) is 6.57 Å². The molecule has 2 heterocycles. The molecule has 0 aliphatic heterocycles. The number of aliphatic hydroxyl groups excluding tert-OH is 1. The Morgan fingerprint density at radius 3 is 2.90 bits per heavy atom. The number of imidazole rings is 1. The summed E-state index contributed by atoms with van der Waals surface area (Å²) in [5.41, 5.74) is 2.60. The smallest absolute Gasteiger partial charge is 0.261 e. The van der Waals surface area contributed by atoms with Crippen molar-refractivity contribution < 1.29 is 5.11 Å². The molecule has 0 spiro atoms. The van der Waals surface area contributed by atoms with Crippen molar-refractivity contribution in [1.82, 2.24) is 15.0 Å². The van der Waals surface area contributed by atoms with Crippen molar-refractivity contribution in [3.8, 4) is 11.4 Å². The van der Waals surface area contributed by atoms with Crippen molar-refractivity contribution in [2.24, 2.45) is 0 Å². The van der Waals surface area contributed by atoms with Gasteiger partial charge in [0.1, 0.15) is 16.9 Å². The topological polar surface area (TPSA) is 98.2 Å². The van der Waals surface area contributed by atoms with Crippen LogP contribution in [0.25, 0.3) is 27.3 Å². The van der Waals surface area contributed by atoms with Crippen LogP contribution in [-0.4, -0.2) is 26.6 Å². The second kappa shape index (κ2) is 8.32. The molecule has 0 aliphatic rings. The Labute approximate surface area is 184 Å². The summed E-state index contributed by atoms with van der Waals surface area (Å²) in [6, 6.07) is 12.2. The molecule has 0 saturated heterocycles. The number of nitrogens with zero attached hydrogens (tertiary/aromatic N) is 2. The van der Waals surface area contributed by atoms with Crippen LogP contribution in [0.15, 0.2) is 57.9 Å². The molecule has 2 aromatic carbocycles. The summed E-state index contributed by atoms with van der Waals surface area (Å²) in [5.74, 6) is 0.315. The Hall–Kier alpha value is -3.12. The van der Waals surface area contributed by atoms with Gasteiger partial charge in [-0.25, -0.2) is 9.83 Å². The number of anilines is 1. The number of benzene rings is 2. The van der Waals surface area contributed by atoms with E-state index >= 15 is 0 Å². The van der Waals surface area contributed by atoms with Crippen LogP contribution in [0.2, 0.25) is 5.02 Å². The lowest BCUT2D eigenvalue weighted by atomic mass is 10.1. The van der Waals surface area contributed by atoms with Gasteiger partial charge in [0.2, 0.25) is 0 Å². The van der Waals surface area contributed by atoms with E-state index in [0.717, 1.165) is 10.0 Å². The number of hydrogen-bond acceptors (Lipinski definition) is 4. The fourth-order valence-electron chi connectivity index (χ4n) is 3.14. The van der Waals surface area contributed by atoms with Gasteiger partial charge in [-0.15, -0.1) is 0 Å². The van der Waals surface area contributed by atoms with Gasteiger partial charge >= 0.3 is 0 Å². The predicted molar refractivity (Wildman–Crippen MR) is 121 cm³/mol. The van der Waals surface area contributed by atoms with Crippen LogP contribution in [0.4, 0.5) is 11.4 Å². The molecule has 0 bridgehead atoms. The molecule has 4 rings (SSSR count). The molecule has 0 fully saturated rings. The average molecular weight is 485 g/mol. The van der Waals surface area contributed by atoms with Gasteiger partial charge in [0.25, 0.3) is 5.56 Å². The van der Waals surface area contributed by atoms with Gasteiger partial charge in [0, 0.05) is 17.2 Å². The summed E-state index contributed by atoms with van der Waals surface area (Å²) < 4.78 is 0.869. The number of hydrogen-bond donors (Lipinski definition) is 4. The van der Waals surface area contributed by atoms with Crippen molar-refractivity contribution in [3.63, 3.8) is 0 Å². The van der Waals surface area contributed by atoms with E-state index in [9.17, 15) is 9.90 Å². The standard InChI is InChI=1S/C21H15BrClN5O2/c1-24-13-8-14(23)19-16(9-13)27-20(28-19)18-15(5-6-25-21(18)30)26-10-17(29)11-3-2-4-12(22)7-11/h2-9,17,29H,10H2,(H,27,28)(H2,25,26,30). The van der Waals surface area contributed by atoms with Crippen molar-refractivity contribution in [2.45, 2.75) is 6.10 Å². The molecule has 2 aromatic heterocycles. The second-order valence-electron chi connectivity index (χ2n) is 6.57. The zero-order valence-corrected chi connectivity index (χ0v) is 17.8. The highest BCUT2D eigenvalue weighted by molar-refractivity contribution is 9.10. The van der Waals surface area contributed by atoms with E-state index in [1.165, 1.54) is 12.3 Å². The molecular weight excluding hydrogens is 470 g/mol. The van der Waals surface area contributed by atoms with Crippen LogP contribution < -0.4 is 10.9 Å². The zero-order valence-electron chi connectivity index (χ0n) is 15.4. The van der Waals surface area contributed by atoms with Gasteiger partial charge in [-0.3, -0.25) is 4.79 Å². The van der Waals surface area contributed by atoms with Crippen LogP contribution in [-0.2, 0) is 0 Å². The quantitative estimate of drug-likeness (QED) is 0.299. The third kappa shape index (κ3) is 3.96. The van der Waals surface area contributed by atoms with Gasteiger partial charge < -0.3 is 20.4 Å². The zero-order chi connectivity index (χ0) is 21.3. The summed E-state index contributed by atoms with van der Waals surface area (Å²) in [5, 5.41) is 14.0. The van der Waals surface area contributed by atoms with Gasteiger partial charge in [-0.2, -0.15) is 0 Å². The number of pyridine rings is 1. The number of rotatable bonds is 5. The van der Waals surface area contributed by atoms with Gasteiger partial charge in [-0.1, -0.05) is 39.7 Å². The Morgan fingerprint density at radius 1 is 1.30 bits per heavy atom. The number of fused-ring (bicyclic) bond motifs is 1. The van der Waals surface area contributed by atoms with E-state index < -0.39 is 6.10 Å². The molecule has 0 aliphatic carbocycles. The van der Waals surface area contributed by atoms with Gasteiger partial charge in [0.05, 0.1) is 28.9 Å². The van der Waals surface area contributed by atoms with E-state index in [1.807, 2.05) is 24.3 Å². The number of aliphatic hydroxyl groups is 1. The first-order chi connectivity index (χ1) is 14.5. The Balaban J connectivity index is 1.69. The fourth-order valence-corrected chi connectivity index (χ4v) is 3.82. The van der Waals surface area contributed by atoms with E-state index in [1.54, 1.807) is 12.1 Å². The normalized spacial score (nSPS) is 11.9. The van der Waals surface area contributed by atoms with Gasteiger partial charge in [0.15, 0.2) is 5.69 Å². The van der Waals surface area contributed by atoms with E-state index in [2.05, 4.69) is 41.0 Å². The molecule has 4 N–H and O–H groups in total. The molecule has 0 saturated carbocycles. The lowest BCUT2D eigenvalue weighted by Gasteiger charge is -2.15. The Bertz CT molecular complexity index is 1340. The molecule has 30 heavy (non-hydrogen) atoms. The highest BCUT2D eigenvalue weighted by atomic mass is 79.9. The lowest BCUT2D eigenvalue weighted by molar-refractivity contribution is 0.191. The van der Waals surface area contributed by atoms with Crippen molar-refractivity contribution in [3.05, 3.63) is 85.5 Å². The summed E-state index contributed by atoms with van der Waals surface area (Å²) >= 11 is 9.63. The van der Waals surface area contributed by atoms with Crippen molar-refractivity contribution >= 4 is 49.9 Å². The molecule has 150 valence electrons. The largest absolute Gasteiger partial charge is 0.387 e. The number of aromatic amines is 2. The minimum atomic E-state index is -0.777. The Morgan fingerprint density at radius 2 is 2.13 bits per heavy atom. The first kappa shape index (κ1) is 20.2. The van der Waals surface area contributed by atoms with Gasteiger partial charge in [-0.05, 0) is 35.9 Å².